The van der Waals surface area contributed by atoms with Crippen LogP contribution in [0, 0.1) is 11.6 Å². The molecule has 0 bridgehead atoms. The molecule has 5 nitrogen and oxygen atoms in total. The van der Waals surface area contributed by atoms with Crippen molar-refractivity contribution in [3.8, 4) is 0 Å². The number of halogens is 2. The average Bonchev–Trinajstić information content (AvgIpc) is 2.77. The molecule has 0 fully saturated rings. The summed E-state index contributed by atoms with van der Waals surface area (Å²) in [6, 6.07) is 4.74. The molecule has 0 atom stereocenters. The van der Waals surface area contributed by atoms with E-state index >= 15 is 0 Å². The number of benzene rings is 1. The zero-order valence-electron chi connectivity index (χ0n) is 10.7. The van der Waals surface area contributed by atoms with E-state index in [4.69, 9.17) is 4.74 Å². The predicted octanol–water partition coefficient (Wildman–Crippen LogP) is 1.68. The maximum absolute atomic E-state index is 13.5. The molecular weight excluding hydrogens is 270 g/mol. The number of carbonyl (C=O) groups excluding carboxylic acids is 1. The largest absolute Gasteiger partial charge is 0.461 e. The zero-order chi connectivity index (χ0) is 14.7. The minimum atomic E-state index is -1.02. The highest BCUT2D eigenvalue weighted by Gasteiger charge is 2.14. The Labute approximate surface area is 112 Å². The van der Waals surface area contributed by atoms with E-state index in [1.165, 1.54) is 12.1 Å². The van der Waals surface area contributed by atoms with Gasteiger partial charge in [-0.05, 0) is 13.0 Å². The van der Waals surface area contributed by atoms with Crippen LogP contribution >= 0.6 is 0 Å². The molecule has 1 N–H and O–H groups in total. The Bertz CT molecular complexity index is 691. The third-order valence-electron chi connectivity index (χ3n) is 2.64. The fourth-order valence-electron chi connectivity index (χ4n) is 1.71. The molecule has 0 amide bonds. The molecule has 0 spiro atoms. The lowest BCUT2D eigenvalue weighted by Crippen LogP contribution is -2.17. The first-order chi connectivity index (χ1) is 9.52. The van der Waals surface area contributed by atoms with Crippen LogP contribution in [0.4, 0.5) is 8.78 Å². The molecule has 106 valence electrons. The normalized spacial score (nSPS) is 10.6. The number of aromatic amines is 1. The number of nitrogens with zero attached hydrogens (tertiary/aromatic N) is 1. The SMILES string of the molecule is CCOC(=O)c1cc(=O)n(Cc2cccc(F)c2F)[nH]1. The van der Waals surface area contributed by atoms with Crippen LogP contribution in [-0.4, -0.2) is 22.4 Å². The van der Waals surface area contributed by atoms with Crippen molar-refractivity contribution in [2.75, 3.05) is 6.61 Å². The summed E-state index contributed by atoms with van der Waals surface area (Å²) in [6.45, 7) is 1.60. The van der Waals surface area contributed by atoms with Crippen LogP contribution in [0.25, 0.3) is 0 Å². The topological polar surface area (TPSA) is 64.1 Å². The van der Waals surface area contributed by atoms with Crippen molar-refractivity contribution in [1.82, 2.24) is 9.78 Å². The van der Waals surface area contributed by atoms with E-state index in [0.29, 0.717) is 0 Å². The molecule has 0 aliphatic heterocycles. The molecule has 2 aromatic rings. The van der Waals surface area contributed by atoms with E-state index in [1.54, 1.807) is 6.92 Å². The molecule has 1 aromatic heterocycles. The number of H-pyrrole nitrogens is 1. The number of rotatable bonds is 4. The van der Waals surface area contributed by atoms with Gasteiger partial charge in [0.1, 0.15) is 5.69 Å². The van der Waals surface area contributed by atoms with E-state index in [9.17, 15) is 18.4 Å². The first-order valence-corrected chi connectivity index (χ1v) is 5.92. The van der Waals surface area contributed by atoms with Gasteiger partial charge in [-0.3, -0.25) is 9.89 Å². The Balaban J connectivity index is 2.28. The smallest absolute Gasteiger partial charge is 0.356 e. The first-order valence-electron chi connectivity index (χ1n) is 5.92. The van der Waals surface area contributed by atoms with Crippen LogP contribution in [0.15, 0.2) is 29.1 Å². The number of hydrogen-bond donors (Lipinski definition) is 1. The number of ether oxygens (including phenoxy) is 1. The standard InChI is InChI=1S/C13H12F2N2O3/c1-2-20-13(19)10-6-11(18)17(16-10)7-8-4-3-5-9(14)12(8)15/h3-6,16H,2,7H2,1H3. The fourth-order valence-corrected chi connectivity index (χ4v) is 1.71. The Morgan fingerprint density at radius 3 is 2.85 bits per heavy atom. The predicted molar refractivity (Wildman–Crippen MR) is 66.5 cm³/mol. The van der Waals surface area contributed by atoms with Crippen LogP contribution in [0.2, 0.25) is 0 Å². The van der Waals surface area contributed by atoms with Crippen LogP contribution < -0.4 is 5.56 Å². The van der Waals surface area contributed by atoms with Crippen molar-refractivity contribution in [2.45, 2.75) is 13.5 Å². The molecule has 1 aromatic carbocycles. The lowest BCUT2D eigenvalue weighted by Gasteiger charge is -2.04. The molecule has 0 aliphatic rings. The average molecular weight is 282 g/mol. The van der Waals surface area contributed by atoms with Gasteiger partial charge in [-0.2, -0.15) is 0 Å². The van der Waals surface area contributed by atoms with Gasteiger partial charge in [-0.15, -0.1) is 0 Å². The van der Waals surface area contributed by atoms with Gasteiger partial charge in [0.05, 0.1) is 13.2 Å². The lowest BCUT2D eigenvalue weighted by atomic mass is 10.2. The molecule has 1 heterocycles. The van der Waals surface area contributed by atoms with Gasteiger partial charge >= 0.3 is 5.97 Å². The van der Waals surface area contributed by atoms with Crippen molar-refractivity contribution in [2.24, 2.45) is 0 Å². The van der Waals surface area contributed by atoms with E-state index in [1.807, 2.05) is 0 Å². The molecule has 0 radical (unpaired) electrons. The third kappa shape index (κ3) is 2.76. The fraction of sp³-hybridized carbons (Fsp3) is 0.231. The monoisotopic (exact) mass is 282 g/mol. The molecule has 2 rings (SSSR count). The number of nitrogens with one attached hydrogen (secondary N) is 1. The van der Waals surface area contributed by atoms with Crippen molar-refractivity contribution in [3.63, 3.8) is 0 Å². The quantitative estimate of drug-likeness (QED) is 0.868. The second-order valence-electron chi connectivity index (χ2n) is 4.03. The Kier molecular flexibility index (Phi) is 3.97. The molecule has 0 aliphatic carbocycles. The highest BCUT2D eigenvalue weighted by molar-refractivity contribution is 5.86. The van der Waals surface area contributed by atoms with Crippen molar-refractivity contribution >= 4 is 5.97 Å². The van der Waals surface area contributed by atoms with Crippen LogP contribution in [0.1, 0.15) is 23.0 Å². The number of aromatic nitrogens is 2. The van der Waals surface area contributed by atoms with Crippen molar-refractivity contribution < 1.29 is 18.3 Å². The van der Waals surface area contributed by atoms with E-state index < -0.39 is 23.2 Å². The molecule has 0 saturated heterocycles. The summed E-state index contributed by atoms with van der Waals surface area (Å²) in [5.41, 5.74) is -0.560. The second kappa shape index (κ2) is 5.68. The van der Waals surface area contributed by atoms with Crippen molar-refractivity contribution in [3.05, 3.63) is 57.5 Å². The molecule has 0 unspecified atom stereocenters. The second-order valence-corrected chi connectivity index (χ2v) is 4.03. The van der Waals surface area contributed by atoms with Crippen LogP contribution in [0.5, 0.6) is 0 Å². The maximum atomic E-state index is 13.5. The lowest BCUT2D eigenvalue weighted by molar-refractivity contribution is 0.0518. The summed E-state index contributed by atoms with van der Waals surface area (Å²) in [7, 11) is 0. The molecule has 20 heavy (non-hydrogen) atoms. The summed E-state index contributed by atoms with van der Waals surface area (Å²) >= 11 is 0. The Morgan fingerprint density at radius 2 is 2.15 bits per heavy atom. The van der Waals surface area contributed by atoms with Gasteiger partial charge in [-0.1, -0.05) is 12.1 Å². The zero-order valence-corrected chi connectivity index (χ0v) is 10.7. The Morgan fingerprint density at radius 1 is 1.40 bits per heavy atom. The van der Waals surface area contributed by atoms with Crippen LogP contribution in [0.3, 0.4) is 0 Å². The number of hydrogen-bond acceptors (Lipinski definition) is 3. The van der Waals surface area contributed by atoms with Gasteiger partial charge in [0.25, 0.3) is 5.56 Å². The minimum Gasteiger partial charge on any atom is -0.461 e. The molecule has 0 saturated carbocycles. The first kappa shape index (κ1) is 14.0. The van der Waals surface area contributed by atoms with E-state index in [0.717, 1.165) is 16.8 Å². The van der Waals surface area contributed by atoms with Gasteiger partial charge in [0, 0.05) is 11.6 Å². The van der Waals surface area contributed by atoms with Gasteiger partial charge < -0.3 is 4.74 Å². The van der Waals surface area contributed by atoms with E-state index in [-0.39, 0.29) is 24.4 Å². The molecule has 7 heteroatoms. The number of carbonyl (C=O) groups is 1. The maximum Gasteiger partial charge on any atom is 0.356 e. The summed E-state index contributed by atoms with van der Waals surface area (Å²) in [4.78, 5) is 23.1. The summed E-state index contributed by atoms with van der Waals surface area (Å²) in [5.74, 6) is -2.69. The number of esters is 1. The van der Waals surface area contributed by atoms with Gasteiger partial charge in [0.15, 0.2) is 11.6 Å². The van der Waals surface area contributed by atoms with Crippen LogP contribution in [-0.2, 0) is 11.3 Å². The summed E-state index contributed by atoms with van der Waals surface area (Å²) in [5, 5.41) is 2.50. The highest BCUT2D eigenvalue weighted by Crippen LogP contribution is 2.12. The van der Waals surface area contributed by atoms with E-state index in [2.05, 4.69) is 5.10 Å². The highest BCUT2D eigenvalue weighted by atomic mass is 19.2. The summed E-state index contributed by atoms with van der Waals surface area (Å²) in [6.07, 6.45) is 0. The minimum absolute atomic E-state index is 0.00404. The molecular formula is C13H12F2N2O3. The Hall–Kier alpha value is -2.44. The summed E-state index contributed by atoms with van der Waals surface area (Å²) < 4.78 is 32.3. The van der Waals surface area contributed by atoms with Gasteiger partial charge in [0.2, 0.25) is 0 Å². The third-order valence-corrected chi connectivity index (χ3v) is 2.64. The van der Waals surface area contributed by atoms with Gasteiger partial charge in [-0.25, -0.2) is 18.3 Å². The van der Waals surface area contributed by atoms with Crippen molar-refractivity contribution in [1.29, 1.82) is 0 Å².